The van der Waals surface area contributed by atoms with Gasteiger partial charge in [-0.2, -0.15) is 4.31 Å². The molecule has 0 aliphatic carbocycles. The van der Waals surface area contributed by atoms with Crippen LogP contribution in [0.5, 0.6) is 0 Å². The van der Waals surface area contributed by atoms with E-state index in [0.29, 0.717) is 32.7 Å². The van der Waals surface area contributed by atoms with Crippen LogP contribution in [0.4, 0.5) is 0 Å². The van der Waals surface area contributed by atoms with E-state index in [4.69, 9.17) is 16.3 Å². The van der Waals surface area contributed by atoms with E-state index in [0.717, 1.165) is 32.8 Å². The largest absolute Gasteiger partial charge is 0.382 e. The SMILES string of the molecule is O=S(=O)(c1ccccc1Cl)N1CC[NH+](C[C@@H](O)C[NH+]2CCOCC2)CC1. The molecule has 0 unspecified atom stereocenters. The second-order valence-electron chi connectivity index (χ2n) is 7.01. The number of quaternary nitrogens is 2. The maximum atomic E-state index is 12.8. The fourth-order valence-electron chi connectivity index (χ4n) is 3.64. The van der Waals surface area contributed by atoms with Gasteiger partial charge in [0.2, 0.25) is 10.0 Å². The number of sulfonamides is 1. The molecule has 0 bridgehead atoms. The lowest BCUT2D eigenvalue weighted by Gasteiger charge is -2.33. The molecule has 2 heterocycles. The van der Waals surface area contributed by atoms with Gasteiger partial charge in [-0.3, -0.25) is 0 Å². The highest BCUT2D eigenvalue weighted by Gasteiger charge is 2.32. The Hall–Kier alpha value is -0.740. The Morgan fingerprint density at radius 3 is 2.27 bits per heavy atom. The van der Waals surface area contributed by atoms with E-state index in [1.165, 1.54) is 14.1 Å². The number of hydrogen-bond donors (Lipinski definition) is 3. The molecule has 146 valence electrons. The number of morpholine rings is 1. The van der Waals surface area contributed by atoms with Crippen LogP contribution in [0, 0.1) is 0 Å². The Balaban J connectivity index is 1.50. The lowest BCUT2D eigenvalue weighted by molar-refractivity contribution is -0.930. The van der Waals surface area contributed by atoms with Crippen molar-refractivity contribution in [2.75, 3.05) is 65.6 Å². The summed E-state index contributed by atoms with van der Waals surface area (Å²) in [5.74, 6) is 0. The molecule has 2 aliphatic heterocycles. The van der Waals surface area contributed by atoms with Crippen LogP contribution >= 0.6 is 11.6 Å². The number of aliphatic hydroxyl groups is 1. The molecule has 0 saturated carbocycles. The van der Waals surface area contributed by atoms with E-state index in [2.05, 4.69) is 0 Å². The zero-order chi connectivity index (χ0) is 18.6. The lowest BCUT2D eigenvalue weighted by Crippen LogP contribution is -3.19. The molecule has 0 spiro atoms. The summed E-state index contributed by atoms with van der Waals surface area (Å²) in [6.07, 6.45) is -0.371. The van der Waals surface area contributed by atoms with Gasteiger partial charge >= 0.3 is 0 Å². The summed E-state index contributed by atoms with van der Waals surface area (Å²) in [7, 11) is -3.56. The molecule has 0 amide bonds. The molecule has 0 radical (unpaired) electrons. The molecular formula is C17H28ClN3O4S+2. The van der Waals surface area contributed by atoms with E-state index in [-0.39, 0.29) is 16.0 Å². The van der Waals surface area contributed by atoms with Crippen LogP contribution in [0.15, 0.2) is 29.2 Å². The standard InChI is InChI=1S/C17H26ClN3O4S/c18-16-3-1-2-4-17(16)26(23,24)21-7-5-19(6-8-21)13-15(22)14-20-9-11-25-12-10-20/h1-4,15,22H,5-14H2/p+2/t15-/m1/s1. The predicted molar refractivity (Wildman–Crippen MR) is 98.2 cm³/mol. The Morgan fingerprint density at radius 1 is 1.08 bits per heavy atom. The molecule has 2 aliphatic rings. The highest BCUT2D eigenvalue weighted by molar-refractivity contribution is 7.89. The van der Waals surface area contributed by atoms with Crippen molar-refractivity contribution in [1.82, 2.24) is 4.31 Å². The molecule has 26 heavy (non-hydrogen) atoms. The van der Waals surface area contributed by atoms with Gasteiger partial charge in [0.15, 0.2) is 6.10 Å². The highest BCUT2D eigenvalue weighted by Crippen LogP contribution is 2.23. The summed E-state index contributed by atoms with van der Waals surface area (Å²) in [6, 6.07) is 6.55. The smallest absolute Gasteiger partial charge is 0.244 e. The van der Waals surface area contributed by atoms with Gasteiger partial charge in [0.25, 0.3) is 0 Å². The van der Waals surface area contributed by atoms with Gasteiger partial charge in [-0.1, -0.05) is 23.7 Å². The number of aliphatic hydroxyl groups excluding tert-OH is 1. The van der Waals surface area contributed by atoms with E-state index in [9.17, 15) is 13.5 Å². The van der Waals surface area contributed by atoms with Gasteiger partial charge < -0.3 is 19.6 Å². The average Bonchev–Trinajstić information content (AvgIpc) is 2.63. The summed E-state index contributed by atoms with van der Waals surface area (Å²) < 4.78 is 32.4. The first-order valence-corrected chi connectivity index (χ1v) is 11.0. The summed E-state index contributed by atoms with van der Waals surface area (Å²) in [4.78, 5) is 2.79. The van der Waals surface area contributed by atoms with Gasteiger partial charge in [-0.25, -0.2) is 8.42 Å². The van der Waals surface area contributed by atoms with E-state index < -0.39 is 10.0 Å². The molecule has 2 fully saturated rings. The third kappa shape index (κ3) is 4.95. The Labute approximate surface area is 160 Å². The van der Waals surface area contributed by atoms with Crippen molar-refractivity contribution in [2.45, 2.75) is 11.0 Å². The number of hydrogen-bond acceptors (Lipinski definition) is 4. The van der Waals surface area contributed by atoms with Crippen LogP contribution in [-0.2, 0) is 14.8 Å². The minimum absolute atomic E-state index is 0.168. The van der Waals surface area contributed by atoms with Crippen molar-refractivity contribution in [3.8, 4) is 0 Å². The van der Waals surface area contributed by atoms with Crippen LogP contribution in [0.3, 0.4) is 0 Å². The average molecular weight is 406 g/mol. The first-order valence-electron chi connectivity index (χ1n) is 9.14. The number of nitrogens with zero attached hydrogens (tertiary/aromatic N) is 1. The first-order chi connectivity index (χ1) is 12.5. The third-order valence-electron chi connectivity index (χ3n) is 5.13. The van der Waals surface area contributed by atoms with Crippen molar-refractivity contribution in [2.24, 2.45) is 0 Å². The molecule has 3 N–H and O–H groups in total. The highest BCUT2D eigenvalue weighted by atomic mass is 35.5. The quantitative estimate of drug-likeness (QED) is 0.489. The molecule has 3 rings (SSSR count). The second kappa shape index (κ2) is 8.97. The van der Waals surface area contributed by atoms with Crippen LogP contribution < -0.4 is 9.80 Å². The van der Waals surface area contributed by atoms with Crippen molar-refractivity contribution in [3.05, 3.63) is 29.3 Å². The van der Waals surface area contributed by atoms with E-state index in [1.54, 1.807) is 24.3 Å². The fourth-order valence-corrected chi connectivity index (χ4v) is 5.58. The zero-order valence-corrected chi connectivity index (χ0v) is 16.4. The molecule has 1 atom stereocenters. The topological polar surface area (TPSA) is 75.7 Å². The number of ether oxygens (including phenoxy) is 1. The second-order valence-corrected chi connectivity index (χ2v) is 9.32. The minimum Gasteiger partial charge on any atom is -0.382 e. The maximum Gasteiger partial charge on any atom is 0.244 e. The molecule has 2 saturated heterocycles. The Bertz CT molecular complexity index is 689. The van der Waals surface area contributed by atoms with Crippen molar-refractivity contribution in [1.29, 1.82) is 0 Å². The third-order valence-corrected chi connectivity index (χ3v) is 7.53. The Morgan fingerprint density at radius 2 is 1.65 bits per heavy atom. The van der Waals surface area contributed by atoms with Gasteiger partial charge in [-0.15, -0.1) is 0 Å². The zero-order valence-electron chi connectivity index (χ0n) is 14.9. The summed E-state index contributed by atoms with van der Waals surface area (Å²) in [5, 5.41) is 10.6. The summed E-state index contributed by atoms with van der Waals surface area (Å²) in [6.45, 7) is 7.06. The summed E-state index contributed by atoms with van der Waals surface area (Å²) in [5.41, 5.74) is 0. The lowest BCUT2D eigenvalue weighted by atomic mass is 10.2. The van der Waals surface area contributed by atoms with Gasteiger partial charge in [0.1, 0.15) is 31.1 Å². The predicted octanol–water partition coefficient (Wildman–Crippen LogP) is -2.49. The van der Waals surface area contributed by atoms with Crippen LogP contribution in [0.25, 0.3) is 0 Å². The maximum absolute atomic E-state index is 12.8. The van der Waals surface area contributed by atoms with Crippen molar-refractivity contribution < 1.29 is 28.1 Å². The van der Waals surface area contributed by atoms with Crippen molar-refractivity contribution >= 4 is 21.6 Å². The molecule has 9 heteroatoms. The Kier molecular flexibility index (Phi) is 6.90. The van der Waals surface area contributed by atoms with Gasteiger partial charge in [-0.05, 0) is 12.1 Å². The van der Waals surface area contributed by atoms with Crippen LogP contribution in [0.1, 0.15) is 0 Å². The molecule has 0 aromatic heterocycles. The van der Waals surface area contributed by atoms with Gasteiger partial charge in [0.05, 0.1) is 44.4 Å². The van der Waals surface area contributed by atoms with Crippen LogP contribution in [0.2, 0.25) is 5.02 Å². The molecule has 7 nitrogen and oxygen atoms in total. The van der Waals surface area contributed by atoms with Gasteiger partial charge in [0, 0.05) is 0 Å². The number of halogens is 1. The molecule has 1 aromatic carbocycles. The molecular weight excluding hydrogens is 378 g/mol. The number of rotatable bonds is 6. The monoisotopic (exact) mass is 405 g/mol. The first kappa shape index (κ1) is 20.0. The molecule has 1 aromatic rings. The van der Waals surface area contributed by atoms with E-state index in [1.807, 2.05) is 0 Å². The van der Waals surface area contributed by atoms with E-state index >= 15 is 0 Å². The van der Waals surface area contributed by atoms with Crippen LogP contribution in [-0.4, -0.2) is 89.5 Å². The number of piperazine rings is 1. The normalized spacial score (nSPS) is 22.4. The summed E-state index contributed by atoms with van der Waals surface area (Å²) >= 11 is 6.06. The number of nitrogens with one attached hydrogen (secondary N) is 2. The number of benzene rings is 1. The minimum atomic E-state index is -3.56. The fraction of sp³-hybridized carbons (Fsp3) is 0.647. The van der Waals surface area contributed by atoms with Crippen molar-refractivity contribution in [3.63, 3.8) is 0 Å².